The summed E-state index contributed by atoms with van der Waals surface area (Å²) >= 11 is 1.53. The lowest BCUT2D eigenvalue weighted by molar-refractivity contribution is -0.386. The second-order valence-electron chi connectivity index (χ2n) is 4.64. The molecule has 0 aliphatic rings. The van der Waals surface area contributed by atoms with Crippen LogP contribution in [-0.2, 0) is 6.61 Å². The number of hydrogen-bond donors (Lipinski definition) is 0. The molecule has 0 saturated heterocycles. The van der Waals surface area contributed by atoms with Gasteiger partial charge in [0, 0.05) is 6.07 Å². The Bertz CT molecular complexity index is 796. The van der Waals surface area contributed by atoms with Crippen molar-refractivity contribution in [2.75, 3.05) is 0 Å². The van der Waals surface area contributed by atoms with Gasteiger partial charge in [0.15, 0.2) is 5.75 Å². The summed E-state index contributed by atoms with van der Waals surface area (Å²) in [6, 6.07) is 8.66. The maximum Gasteiger partial charge on any atom is 0.311 e. The summed E-state index contributed by atoms with van der Waals surface area (Å²) in [5.41, 5.74) is 1.33. The Morgan fingerprint density at radius 1 is 1.41 bits per heavy atom. The molecular weight excluding hydrogens is 304 g/mol. The molecule has 0 aliphatic carbocycles. The van der Waals surface area contributed by atoms with E-state index in [2.05, 4.69) is 4.98 Å². The number of nitrogens with zero attached hydrogens (tertiary/aromatic N) is 2. The van der Waals surface area contributed by atoms with Gasteiger partial charge in [0.2, 0.25) is 5.89 Å². The van der Waals surface area contributed by atoms with Gasteiger partial charge in [-0.3, -0.25) is 10.1 Å². The Morgan fingerprint density at radius 2 is 2.27 bits per heavy atom. The quantitative estimate of drug-likeness (QED) is 0.520. The zero-order valence-electron chi connectivity index (χ0n) is 11.7. The average Bonchev–Trinajstić information content (AvgIpc) is 3.16. The summed E-state index contributed by atoms with van der Waals surface area (Å²) in [5, 5.41) is 13.0. The van der Waals surface area contributed by atoms with Crippen molar-refractivity contribution in [2.45, 2.75) is 13.5 Å². The number of hydrogen-bond acceptors (Lipinski definition) is 6. The second-order valence-corrected chi connectivity index (χ2v) is 5.59. The molecule has 0 aliphatic heterocycles. The van der Waals surface area contributed by atoms with E-state index in [4.69, 9.17) is 9.15 Å². The average molecular weight is 316 g/mol. The summed E-state index contributed by atoms with van der Waals surface area (Å²) in [5.74, 6) is 0.739. The molecule has 0 saturated carbocycles. The van der Waals surface area contributed by atoms with Crippen LogP contribution in [0.3, 0.4) is 0 Å². The number of thiophene rings is 1. The molecule has 3 rings (SSSR count). The molecule has 6 nitrogen and oxygen atoms in total. The van der Waals surface area contributed by atoms with Crippen molar-refractivity contribution in [1.29, 1.82) is 0 Å². The maximum absolute atomic E-state index is 11.0. The van der Waals surface area contributed by atoms with Gasteiger partial charge in [-0.2, -0.15) is 0 Å². The van der Waals surface area contributed by atoms with Gasteiger partial charge in [-0.15, -0.1) is 11.3 Å². The van der Waals surface area contributed by atoms with Crippen LogP contribution < -0.4 is 4.74 Å². The fourth-order valence-corrected chi connectivity index (χ4v) is 2.59. The summed E-state index contributed by atoms with van der Waals surface area (Å²) in [4.78, 5) is 15.8. The molecular formula is C15H12N2O4S. The highest BCUT2D eigenvalue weighted by molar-refractivity contribution is 7.13. The first-order valence-electron chi connectivity index (χ1n) is 6.49. The Kier molecular flexibility index (Phi) is 3.88. The molecule has 0 fully saturated rings. The minimum Gasteiger partial charge on any atom is -0.480 e. The molecule has 0 amide bonds. The van der Waals surface area contributed by atoms with Crippen LogP contribution in [0.25, 0.3) is 10.8 Å². The van der Waals surface area contributed by atoms with Crippen LogP contribution in [0.4, 0.5) is 5.69 Å². The normalized spacial score (nSPS) is 10.6. The van der Waals surface area contributed by atoms with Crippen LogP contribution in [-0.4, -0.2) is 9.91 Å². The SMILES string of the molecule is Cc1ccc(OCc2coc(-c3cccs3)n2)c([N+](=O)[O-])c1. The third-order valence-corrected chi connectivity index (χ3v) is 3.83. The zero-order chi connectivity index (χ0) is 15.5. The number of rotatable bonds is 5. The van der Waals surface area contributed by atoms with E-state index in [1.54, 1.807) is 19.1 Å². The Hall–Kier alpha value is -2.67. The number of oxazole rings is 1. The lowest BCUT2D eigenvalue weighted by Gasteiger charge is -2.05. The van der Waals surface area contributed by atoms with Crippen molar-refractivity contribution in [1.82, 2.24) is 4.98 Å². The molecule has 2 heterocycles. The predicted molar refractivity (Wildman–Crippen MR) is 82.0 cm³/mol. The van der Waals surface area contributed by atoms with Gasteiger partial charge >= 0.3 is 5.69 Å². The third kappa shape index (κ3) is 2.99. The van der Waals surface area contributed by atoms with Crippen molar-refractivity contribution >= 4 is 17.0 Å². The third-order valence-electron chi connectivity index (χ3n) is 2.97. The van der Waals surface area contributed by atoms with Gasteiger partial charge in [-0.1, -0.05) is 12.1 Å². The van der Waals surface area contributed by atoms with Crippen molar-refractivity contribution in [3.63, 3.8) is 0 Å². The highest BCUT2D eigenvalue weighted by atomic mass is 32.1. The lowest BCUT2D eigenvalue weighted by atomic mass is 10.2. The van der Waals surface area contributed by atoms with Crippen molar-refractivity contribution in [2.24, 2.45) is 0 Å². The van der Waals surface area contributed by atoms with E-state index >= 15 is 0 Å². The van der Waals surface area contributed by atoms with Gasteiger partial charge in [-0.05, 0) is 30.0 Å². The van der Waals surface area contributed by atoms with Crippen LogP contribution in [0.15, 0.2) is 46.4 Å². The first-order chi connectivity index (χ1) is 10.6. The fourth-order valence-electron chi connectivity index (χ4n) is 1.93. The van der Waals surface area contributed by atoms with E-state index in [-0.39, 0.29) is 18.0 Å². The van der Waals surface area contributed by atoms with Crippen LogP contribution in [0.1, 0.15) is 11.3 Å². The van der Waals surface area contributed by atoms with Gasteiger partial charge in [0.25, 0.3) is 0 Å². The van der Waals surface area contributed by atoms with Gasteiger partial charge in [0.1, 0.15) is 18.6 Å². The molecule has 7 heteroatoms. The minimum absolute atomic E-state index is 0.0537. The molecule has 22 heavy (non-hydrogen) atoms. The largest absolute Gasteiger partial charge is 0.480 e. The topological polar surface area (TPSA) is 78.4 Å². The molecule has 0 spiro atoms. The molecule has 0 N–H and O–H groups in total. The molecule has 0 atom stereocenters. The number of benzene rings is 1. The van der Waals surface area contributed by atoms with E-state index in [0.717, 1.165) is 10.4 Å². The predicted octanol–water partition coefficient (Wildman–Crippen LogP) is 4.20. The van der Waals surface area contributed by atoms with Crippen molar-refractivity contribution in [3.05, 3.63) is 63.3 Å². The Labute approximate surface area is 130 Å². The minimum atomic E-state index is -0.456. The summed E-state index contributed by atoms with van der Waals surface area (Å²) in [6.45, 7) is 1.90. The van der Waals surface area contributed by atoms with Gasteiger partial charge < -0.3 is 9.15 Å². The molecule has 0 unspecified atom stereocenters. The number of nitro groups is 1. The summed E-state index contributed by atoms with van der Waals surface area (Å²) < 4.78 is 10.9. The van der Waals surface area contributed by atoms with Gasteiger partial charge in [-0.25, -0.2) is 4.98 Å². The summed E-state index contributed by atoms with van der Waals surface area (Å²) in [6.07, 6.45) is 1.50. The molecule has 1 aromatic carbocycles. The first kappa shape index (κ1) is 14.3. The van der Waals surface area contributed by atoms with E-state index in [0.29, 0.717) is 11.6 Å². The van der Waals surface area contributed by atoms with Crippen LogP contribution >= 0.6 is 11.3 Å². The number of aromatic nitrogens is 1. The number of nitro benzene ring substituents is 1. The van der Waals surface area contributed by atoms with E-state index in [1.807, 2.05) is 17.5 Å². The molecule has 0 radical (unpaired) electrons. The van der Waals surface area contributed by atoms with E-state index in [9.17, 15) is 10.1 Å². The van der Waals surface area contributed by atoms with Crippen LogP contribution in [0.2, 0.25) is 0 Å². The Balaban J connectivity index is 1.74. The Morgan fingerprint density at radius 3 is 3.00 bits per heavy atom. The van der Waals surface area contributed by atoms with Crippen LogP contribution in [0.5, 0.6) is 5.75 Å². The van der Waals surface area contributed by atoms with Crippen molar-refractivity contribution in [3.8, 4) is 16.5 Å². The smallest absolute Gasteiger partial charge is 0.311 e. The zero-order valence-corrected chi connectivity index (χ0v) is 12.5. The number of aryl methyl sites for hydroxylation is 1. The number of ether oxygens (including phenoxy) is 1. The maximum atomic E-state index is 11.0. The summed E-state index contributed by atoms with van der Waals surface area (Å²) in [7, 11) is 0. The standard InChI is InChI=1S/C15H12N2O4S/c1-10-4-5-13(12(7-10)17(18)19)20-8-11-9-21-15(16-11)14-3-2-6-22-14/h2-7,9H,8H2,1H3. The highest BCUT2D eigenvalue weighted by Gasteiger charge is 2.16. The molecule has 0 bridgehead atoms. The molecule has 112 valence electrons. The highest BCUT2D eigenvalue weighted by Crippen LogP contribution is 2.29. The molecule has 3 aromatic rings. The molecule has 2 aromatic heterocycles. The van der Waals surface area contributed by atoms with Gasteiger partial charge in [0.05, 0.1) is 9.80 Å². The van der Waals surface area contributed by atoms with E-state index in [1.165, 1.54) is 23.7 Å². The lowest BCUT2D eigenvalue weighted by Crippen LogP contribution is -1.99. The fraction of sp³-hybridized carbons (Fsp3) is 0.133. The second kappa shape index (κ2) is 5.98. The van der Waals surface area contributed by atoms with Crippen molar-refractivity contribution < 1.29 is 14.1 Å². The van der Waals surface area contributed by atoms with E-state index < -0.39 is 4.92 Å². The monoisotopic (exact) mass is 316 g/mol. The first-order valence-corrected chi connectivity index (χ1v) is 7.37. The van der Waals surface area contributed by atoms with Crippen LogP contribution in [0, 0.1) is 17.0 Å².